The van der Waals surface area contributed by atoms with E-state index in [0.29, 0.717) is 24.8 Å². The molecule has 0 fully saturated rings. The van der Waals surface area contributed by atoms with Gasteiger partial charge in [-0.2, -0.15) is 0 Å². The van der Waals surface area contributed by atoms with Crippen LogP contribution < -0.4 is 5.73 Å². The monoisotopic (exact) mass is 267 g/mol. The van der Waals surface area contributed by atoms with Gasteiger partial charge in [0.1, 0.15) is 5.54 Å². The van der Waals surface area contributed by atoms with Crippen LogP contribution in [0.3, 0.4) is 0 Å². The Morgan fingerprint density at radius 3 is 2.63 bits per heavy atom. The fourth-order valence-corrected chi connectivity index (χ4v) is 2.09. The Morgan fingerprint density at radius 2 is 2.05 bits per heavy atom. The lowest BCUT2D eigenvalue weighted by Gasteiger charge is -2.23. The zero-order valence-corrected chi connectivity index (χ0v) is 11.3. The van der Waals surface area contributed by atoms with E-state index in [0.717, 1.165) is 0 Å². The molecule has 0 spiro atoms. The van der Waals surface area contributed by atoms with Crippen molar-refractivity contribution >= 4 is 5.97 Å². The summed E-state index contributed by atoms with van der Waals surface area (Å²) in [6, 6.07) is 4.82. The van der Waals surface area contributed by atoms with Crippen LogP contribution in [0.2, 0.25) is 0 Å². The molecule has 1 rings (SSSR count). The Bertz CT molecular complexity index is 457. The zero-order valence-electron chi connectivity index (χ0n) is 11.3. The molecule has 0 saturated heterocycles. The molecule has 0 saturated carbocycles. The predicted octanol–water partition coefficient (Wildman–Crippen LogP) is 1.86. The SMILES string of the molecule is CC(CCc1cccc(O)c1O)CC(C)(N)C(=O)O. The van der Waals surface area contributed by atoms with E-state index in [-0.39, 0.29) is 17.4 Å². The number of carbonyl (C=O) groups is 1. The number of carboxylic acid groups (broad SMARTS) is 1. The molecule has 0 aromatic heterocycles. The average molecular weight is 267 g/mol. The summed E-state index contributed by atoms with van der Waals surface area (Å²) in [6.07, 6.45) is 1.62. The maximum atomic E-state index is 10.9. The van der Waals surface area contributed by atoms with Crippen molar-refractivity contribution in [2.24, 2.45) is 11.7 Å². The Morgan fingerprint density at radius 1 is 1.42 bits per heavy atom. The lowest BCUT2D eigenvalue weighted by Crippen LogP contribution is -2.46. The van der Waals surface area contributed by atoms with Gasteiger partial charge >= 0.3 is 5.97 Å². The van der Waals surface area contributed by atoms with Gasteiger partial charge in [0.2, 0.25) is 0 Å². The first-order chi connectivity index (χ1) is 8.74. The number of phenolic OH excluding ortho intramolecular Hbond substituents is 2. The van der Waals surface area contributed by atoms with E-state index in [1.165, 1.54) is 13.0 Å². The second-order valence-corrected chi connectivity index (χ2v) is 5.36. The van der Waals surface area contributed by atoms with Crippen molar-refractivity contribution in [1.82, 2.24) is 0 Å². The van der Waals surface area contributed by atoms with Crippen molar-refractivity contribution in [2.45, 2.75) is 38.6 Å². The van der Waals surface area contributed by atoms with Crippen LogP contribution in [-0.4, -0.2) is 26.8 Å². The molecule has 0 heterocycles. The molecule has 1 aromatic carbocycles. The maximum Gasteiger partial charge on any atom is 0.323 e. The minimum Gasteiger partial charge on any atom is -0.504 e. The lowest BCUT2D eigenvalue weighted by molar-refractivity contribution is -0.143. The molecule has 5 heteroatoms. The van der Waals surface area contributed by atoms with E-state index in [9.17, 15) is 15.0 Å². The maximum absolute atomic E-state index is 10.9. The number of aromatic hydroxyl groups is 2. The summed E-state index contributed by atoms with van der Waals surface area (Å²) in [6.45, 7) is 3.42. The quantitative estimate of drug-likeness (QED) is 0.589. The molecule has 5 N–H and O–H groups in total. The summed E-state index contributed by atoms with van der Waals surface area (Å²) in [4.78, 5) is 10.9. The molecule has 0 amide bonds. The van der Waals surface area contributed by atoms with Gasteiger partial charge in [0.05, 0.1) is 0 Å². The van der Waals surface area contributed by atoms with Gasteiger partial charge in [0.25, 0.3) is 0 Å². The number of hydrogen-bond donors (Lipinski definition) is 4. The molecule has 5 nitrogen and oxygen atoms in total. The average Bonchev–Trinajstić information content (AvgIpc) is 2.30. The molecule has 0 aliphatic carbocycles. The van der Waals surface area contributed by atoms with Gasteiger partial charge < -0.3 is 21.1 Å². The highest BCUT2D eigenvalue weighted by molar-refractivity contribution is 5.77. The number of benzene rings is 1. The van der Waals surface area contributed by atoms with Crippen LogP contribution in [0, 0.1) is 5.92 Å². The first-order valence-corrected chi connectivity index (χ1v) is 6.26. The summed E-state index contributed by atoms with van der Waals surface area (Å²) >= 11 is 0. The highest BCUT2D eigenvalue weighted by Gasteiger charge is 2.29. The van der Waals surface area contributed by atoms with Crippen LogP contribution in [-0.2, 0) is 11.2 Å². The first kappa shape index (κ1) is 15.3. The number of aliphatic carboxylic acids is 1. The highest BCUT2D eigenvalue weighted by atomic mass is 16.4. The Kier molecular flexibility index (Phi) is 4.78. The smallest absolute Gasteiger partial charge is 0.323 e. The van der Waals surface area contributed by atoms with Crippen LogP contribution >= 0.6 is 0 Å². The van der Waals surface area contributed by atoms with E-state index in [2.05, 4.69) is 0 Å². The molecule has 0 radical (unpaired) electrons. The van der Waals surface area contributed by atoms with Gasteiger partial charge in [-0.1, -0.05) is 19.1 Å². The minimum absolute atomic E-state index is 0.104. The third kappa shape index (κ3) is 4.13. The molecular formula is C14H21NO4. The standard InChI is InChI=1S/C14H21NO4/c1-9(8-14(2,15)13(18)19)6-7-10-4-3-5-11(16)12(10)17/h3-5,9,16-17H,6-8,15H2,1-2H3,(H,18,19). The van der Waals surface area contributed by atoms with Gasteiger partial charge in [-0.3, -0.25) is 4.79 Å². The van der Waals surface area contributed by atoms with Gasteiger partial charge in [-0.05, 0) is 43.7 Å². The van der Waals surface area contributed by atoms with Gasteiger partial charge in [0, 0.05) is 0 Å². The Labute approximate surface area is 112 Å². The number of rotatable bonds is 6. The molecule has 0 bridgehead atoms. The van der Waals surface area contributed by atoms with E-state index in [4.69, 9.17) is 10.8 Å². The Balaban J connectivity index is 2.57. The highest BCUT2D eigenvalue weighted by Crippen LogP contribution is 2.30. The van der Waals surface area contributed by atoms with Crippen molar-refractivity contribution < 1.29 is 20.1 Å². The summed E-state index contributed by atoms with van der Waals surface area (Å²) in [5.74, 6) is -1.16. The first-order valence-electron chi connectivity index (χ1n) is 6.26. The Hall–Kier alpha value is -1.75. The topological polar surface area (TPSA) is 104 Å². The van der Waals surface area contributed by atoms with Crippen molar-refractivity contribution in [1.29, 1.82) is 0 Å². The molecule has 106 valence electrons. The van der Waals surface area contributed by atoms with Crippen LogP contribution in [0.15, 0.2) is 18.2 Å². The number of para-hydroxylation sites is 1. The van der Waals surface area contributed by atoms with E-state index < -0.39 is 11.5 Å². The zero-order chi connectivity index (χ0) is 14.6. The van der Waals surface area contributed by atoms with Gasteiger partial charge in [-0.15, -0.1) is 0 Å². The molecule has 1 aromatic rings. The molecule has 2 atom stereocenters. The van der Waals surface area contributed by atoms with Crippen molar-refractivity contribution in [3.8, 4) is 11.5 Å². The third-order valence-electron chi connectivity index (χ3n) is 3.27. The number of carboxylic acids is 1. The van der Waals surface area contributed by atoms with E-state index >= 15 is 0 Å². The summed E-state index contributed by atoms with van der Waals surface area (Å²) < 4.78 is 0. The number of nitrogens with two attached hydrogens (primary N) is 1. The van der Waals surface area contributed by atoms with Crippen LogP contribution in [0.25, 0.3) is 0 Å². The second-order valence-electron chi connectivity index (χ2n) is 5.36. The number of aryl methyl sites for hydroxylation is 1. The largest absolute Gasteiger partial charge is 0.504 e. The normalized spacial score (nSPS) is 15.7. The molecule has 0 aliphatic rings. The van der Waals surface area contributed by atoms with E-state index in [1.54, 1.807) is 12.1 Å². The predicted molar refractivity (Wildman–Crippen MR) is 72.1 cm³/mol. The molecular weight excluding hydrogens is 246 g/mol. The second kappa shape index (κ2) is 5.93. The van der Waals surface area contributed by atoms with E-state index in [1.807, 2.05) is 6.92 Å². The van der Waals surface area contributed by atoms with Crippen LogP contribution in [0.5, 0.6) is 11.5 Å². The number of hydrogen-bond acceptors (Lipinski definition) is 4. The fourth-order valence-electron chi connectivity index (χ4n) is 2.09. The summed E-state index contributed by atoms with van der Waals surface area (Å²) in [5.41, 5.74) is 5.11. The number of phenols is 2. The lowest BCUT2D eigenvalue weighted by atomic mass is 9.87. The molecule has 0 aliphatic heterocycles. The van der Waals surface area contributed by atoms with Crippen LogP contribution in [0.1, 0.15) is 32.3 Å². The molecule has 2 unspecified atom stereocenters. The summed E-state index contributed by atoms with van der Waals surface area (Å²) in [5, 5.41) is 28.0. The summed E-state index contributed by atoms with van der Waals surface area (Å²) in [7, 11) is 0. The van der Waals surface area contributed by atoms with Crippen molar-refractivity contribution in [3.63, 3.8) is 0 Å². The van der Waals surface area contributed by atoms with Crippen molar-refractivity contribution in [2.75, 3.05) is 0 Å². The molecule has 19 heavy (non-hydrogen) atoms. The van der Waals surface area contributed by atoms with Crippen molar-refractivity contribution in [3.05, 3.63) is 23.8 Å². The third-order valence-corrected chi connectivity index (χ3v) is 3.27. The minimum atomic E-state index is -1.24. The fraction of sp³-hybridized carbons (Fsp3) is 0.500. The van der Waals surface area contributed by atoms with Gasteiger partial charge in [0.15, 0.2) is 11.5 Å². The van der Waals surface area contributed by atoms with Crippen LogP contribution in [0.4, 0.5) is 0 Å². The van der Waals surface area contributed by atoms with Gasteiger partial charge in [-0.25, -0.2) is 0 Å².